The zero-order valence-electron chi connectivity index (χ0n) is 15.9. The highest BCUT2D eigenvalue weighted by Gasteiger charge is 2.19. The van der Waals surface area contributed by atoms with Crippen molar-refractivity contribution in [3.8, 4) is 11.5 Å². The molecule has 27 heavy (non-hydrogen) atoms. The molecule has 1 atom stereocenters. The fraction of sp³-hybridized carbons (Fsp3) is 0.333. The largest absolute Gasteiger partial charge is 0.422 e. The number of ether oxygens (including phenoxy) is 2. The van der Waals surface area contributed by atoms with E-state index in [1.165, 1.54) is 0 Å². The lowest BCUT2D eigenvalue weighted by molar-refractivity contribution is -0.137. The van der Waals surface area contributed by atoms with Gasteiger partial charge in [0.05, 0.1) is 16.9 Å². The van der Waals surface area contributed by atoms with E-state index in [-0.39, 0.29) is 22.8 Å². The summed E-state index contributed by atoms with van der Waals surface area (Å²) in [5, 5.41) is 2.68. The summed E-state index contributed by atoms with van der Waals surface area (Å²) in [6.45, 7) is 5.94. The van der Waals surface area contributed by atoms with Crippen LogP contribution in [0.4, 0.5) is 0 Å². The summed E-state index contributed by atoms with van der Waals surface area (Å²) in [4.78, 5) is 24.5. The first-order chi connectivity index (χ1) is 12.8. The lowest BCUT2D eigenvalue weighted by Crippen LogP contribution is -2.17. The smallest absolute Gasteiger partial charge is 0.343 e. The number of benzene rings is 2. The summed E-state index contributed by atoms with van der Waals surface area (Å²) < 4.78 is 10.9. The maximum absolute atomic E-state index is 12.4. The fourth-order valence-electron chi connectivity index (χ4n) is 2.26. The Bertz CT molecular complexity index is 802. The van der Waals surface area contributed by atoms with Crippen molar-refractivity contribution in [3.63, 3.8) is 0 Å². The number of alkyl halides is 1. The summed E-state index contributed by atoms with van der Waals surface area (Å²) in [6.07, 6.45) is 0. The molecule has 0 fully saturated rings. The van der Waals surface area contributed by atoms with E-state index < -0.39 is 11.9 Å². The van der Waals surface area contributed by atoms with Crippen molar-refractivity contribution in [2.24, 2.45) is 5.92 Å². The quantitative estimate of drug-likeness (QED) is 0.435. The number of esters is 2. The van der Waals surface area contributed by atoms with Gasteiger partial charge in [-0.1, -0.05) is 37.6 Å². The van der Waals surface area contributed by atoms with Crippen LogP contribution in [-0.4, -0.2) is 25.5 Å². The summed E-state index contributed by atoms with van der Waals surface area (Å²) in [7, 11) is 1.80. The van der Waals surface area contributed by atoms with Gasteiger partial charge in [-0.3, -0.25) is 4.79 Å². The number of carbonyl (C=O) groups excluding carboxylic acids is 2. The molecule has 2 aromatic carbocycles. The molecule has 5 nitrogen and oxygen atoms in total. The predicted octanol–water partition coefficient (Wildman–Crippen LogP) is 4.27. The second-order valence-corrected chi connectivity index (χ2v) is 7.09. The van der Waals surface area contributed by atoms with Crippen LogP contribution < -0.4 is 14.8 Å². The van der Waals surface area contributed by atoms with Gasteiger partial charge in [-0.15, -0.1) is 11.6 Å². The molecule has 0 aliphatic rings. The van der Waals surface area contributed by atoms with Gasteiger partial charge in [0.25, 0.3) is 0 Å². The van der Waals surface area contributed by atoms with Gasteiger partial charge >= 0.3 is 11.9 Å². The molecule has 0 aliphatic carbocycles. The predicted molar refractivity (Wildman–Crippen MR) is 106 cm³/mol. The minimum absolute atomic E-state index is 0.173. The monoisotopic (exact) mass is 389 g/mol. The Kier molecular flexibility index (Phi) is 7.39. The number of carbonyl (C=O) groups is 2. The van der Waals surface area contributed by atoms with Crippen molar-refractivity contribution in [1.82, 2.24) is 5.32 Å². The van der Waals surface area contributed by atoms with E-state index in [0.29, 0.717) is 12.1 Å². The molecule has 0 aromatic heterocycles. The Hall–Kier alpha value is -2.37. The van der Waals surface area contributed by atoms with Crippen LogP contribution in [-0.2, 0) is 4.79 Å². The van der Waals surface area contributed by atoms with E-state index in [4.69, 9.17) is 21.1 Å². The number of nitrogens with one attached hydrogen (secondary N) is 1. The minimum atomic E-state index is -0.526. The Balaban J connectivity index is 2.30. The Morgan fingerprint density at radius 1 is 1.04 bits per heavy atom. The summed E-state index contributed by atoms with van der Waals surface area (Å²) >= 11 is 6.34. The Morgan fingerprint density at radius 3 is 2.30 bits per heavy atom. The van der Waals surface area contributed by atoms with Crippen LogP contribution in [0.1, 0.15) is 40.7 Å². The van der Waals surface area contributed by atoms with Crippen molar-refractivity contribution in [1.29, 1.82) is 0 Å². The fourth-order valence-corrected chi connectivity index (χ4v) is 2.55. The molecule has 0 bridgehead atoms. The number of halogens is 1. The van der Waals surface area contributed by atoms with E-state index >= 15 is 0 Å². The third-order valence-corrected chi connectivity index (χ3v) is 4.29. The first-order valence-electron chi connectivity index (χ1n) is 8.75. The van der Waals surface area contributed by atoms with Gasteiger partial charge in [0.2, 0.25) is 0 Å². The van der Waals surface area contributed by atoms with E-state index in [0.717, 1.165) is 11.1 Å². The highest BCUT2D eigenvalue weighted by molar-refractivity contribution is 6.21. The molecule has 0 heterocycles. The number of likely N-dealkylation sites (N-methyl/N-ethyl adjacent to an activating group) is 1. The molecule has 2 rings (SSSR count). The number of rotatable bonds is 7. The molecule has 0 spiro atoms. The van der Waals surface area contributed by atoms with Crippen LogP contribution in [0.15, 0.2) is 42.5 Å². The van der Waals surface area contributed by atoms with Gasteiger partial charge in [-0.25, -0.2) is 4.79 Å². The third kappa shape index (κ3) is 5.81. The van der Waals surface area contributed by atoms with Crippen molar-refractivity contribution >= 4 is 23.5 Å². The van der Waals surface area contributed by atoms with Gasteiger partial charge < -0.3 is 14.8 Å². The average molecular weight is 390 g/mol. The third-order valence-electron chi connectivity index (χ3n) is 3.88. The van der Waals surface area contributed by atoms with Crippen molar-refractivity contribution in [2.45, 2.75) is 26.1 Å². The summed E-state index contributed by atoms with van der Waals surface area (Å²) in [6, 6.07) is 12.0. The maximum atomic E-state index is 12.4. The van der Waals surface area contributed by atoms with Crippen LogP contribution >= 0.6 is 11.6 Å². The highest BCUT2D eigenvalue weighted by Crippen LogP contribution is 2.33. The van der Waals surface area contributed by atoms with Gasteiger partial charge in [0.15, 0.2) is 11.5 Å². The molecule has 6 heteroatoms. The van der Waals surface area contributed by atoms with Crippen LogP contribution in [0.3, 0.4) is 0 Å². The van der Waals surface area contributed by atoms with Crippen molar-refractivity contribution < 1.29 is 19.1 Å². The highest BCUT2D eigenvalue weighted by atomic mass is 35.5. The Morgan fingerprint density at radius 2 is 1.70 bits per heavy atom. The molecule has 1 N–H and O–H groups in total. The maximum Gasteiger partial charge on any atom is 0.343 e. The molecule has 144 valence electrons. The first-order valence-corrected chi connectivity index (χ1v) is 9.18. The van der Waals surface area contributed by atoms with Crippen molar-refractivity contribution in [2.75, 3.05) is 13.6 Å². The molecule has 0 aliphatic heterocycles. The van der Waals surface area contributed by atoms with E-state index in [9.17, 15) is 9.59 Å². The normalized spacial score (nSPS) is 11.9. The van der Waals surface area contributed by atoms with Gasteiger partial charge in [0.1, 0.15) is 0 Å². The van der Waals surface area contributed by atoms with Gasteiger partial charge in [-0.05, 0) is 43.8 Å². The topological polar surface area (TPSA) is 64.6 Å². The molecule has 2 aromatic rings. The van der Waals surface area contributed by atoms with Crippen LogP contribution in [0, 0.1) is 12.8 Å². The van der Waals surface area contributed by atoms with Crippen molar-refractivity contribution in [3.05, 3.63) is 59.2 Å². The van der Waals surface area contributed by atoms with Crippen LogP contribution in [0.5, 0.6) is 11.5 Å². The lowest BCUT2D eigenvalue weighted by Gasteiger charge is -2.15. The number of hydrogen-bond donors (Lipinski definition) is 1. The summed E-state index contributed by atoms with van der Waals surface area (Å²) in [5.41, 5.74) is 2.21. The first kappa shape index (κ1) is 20.9. The second kappa shape index (κ2) is 9.53. The van der Waals surface area contributed by atoms with Crippen LogP contribution in [0.25, 0.3) is 0 Å². The molecular weight excluding hydrogens is 366 g/mol. The standard InChI is InChI=1S/C21H24ClNO4/c1-13(2)20(24)27-19-11-16(17(22)12-23-4)9-10-18(19)26-21(25)15-7-5-14(3)6-8-15/h5-11,13,17,23H,12H2,1-4H3. The Labute approximate surface area is 164 Å². The number of hydrogen-bond acceptors (Lipinski definition) is 5. The second-order valence-electron chi connectivity index (χ2n) is 6.56. The van der Waals surface area contributed by atoms with Crippen LogP contribution in [0.2, 0.25) is 0 Å². The SMILES string of the molecule is CNCC(Cl)c1ccc(OC(=O)c2ccc(C)cc2)c(OC(=O)C(C)C)c1. The molecule has 0 saturated heterocycles. The zero-order chi connectivity index (χ0) is 20.0. The van der Waals surface area contributed by atoms with Gasteiger partial charge in [0, 0.05) is 6.54 Å². The molecule has 0 saturated carbocycles. The lowest BCUT2D eigenvalue weighted by atomic mass is 10.1. The molecule has 1 unspecified atom stereocenters. The molecular formula is C21H24ClNO4. The van der Waals surface area contributed by atoms with E-state index in [2.05, 4.69) is 5.32 Å². The van der Waals surface area contributed by atoms with E-state index in [1.807, 2.05) is 19.1 Å². The number of aryl methyl sites for hydroxylation is 1. The van der Waals surface area contributed by atoms with Gasteiger partial charge in [-0.2, -0.15) is 0 Å². The minimum Gasteiger partial charge on any atom is -0.422 e. The zero-order valence-corrected chi connectivity index (χ0v) is 16.7. The van der Waals surface area contributed by atoms with E-state index in [1.54, 1.807) is 51.2 Å². The molecule has 0 amide bonds. The molecule has 0 radical (unpaired) electrons. The average Bonchev–Trinajstić information content (AvgIpc) is 2.63. The summed E-state index contributed by atoms with van der Waals surface area (Å²) in [5.74, 6) is -0.916.